The van der Waals surface area contributed by atoms with Crippen LogP contribution >= 0.6 is 0 Å². The Morgan fingerprint density at radius 3 is 1.00 bits per heavy atom. The molecule has 0 saturated heterocycles. The van der Waals surface area contributed by atoms with Gasteiger partial charge in [0.1, 0.15) is 5.75 Å². The molecule has 0 bridgehead atoms. The van der Waals surface area contributed by atoms with Crippen molar-refractivity contribution in [2.45, 2.75) is 0 Å². The third-order valence-corrected chi connectivity index (χ3v) is 8.21. The lowest BCUT2D eigenvalue weighted by molar-refractivity contribution is 0.418. The highest BCUT2D eigenvalue weighted by Gasteiger charge is 2.16. The zero-order valence-corrected chi connectivity index (χ0v) is 25.2. The molecule has 7 rings (SSSR count). The van der Waals surface area contributed by atoms with Crippen LogP contribution in [0.3, 0.4) is 0 Å². The molecule has 45 heavy (non-hydrogen) atoms. The van der Waals surface area contributed by atoms with Crippen molar-refractivity contribution in [1.29, 1.82) is 0 Å². The normalized spacial score (nSPS) is 10.8. The maximum atomic E-state index is 5.99. The summed E-state index contributed by atoms with van der Waals surface area (Å²) in [5.41, 5.74) is 12.5. The smallest absolute Gasteiger partial charge is 0.134 e. The number of anilines is 3. The van der Waals surface area contributed by atoms with E-state index in [0.29, 0.717) is 0 Å². The predicted molar refractivity (Wildman–Crippen MR) is 189 cm³/mol. The van der Waals surface area contributed by atoms with Gasteiger partial charge in [0.2, 0.25) is 0 Å². The van der Waals surface area contributed by atoms with Crippen LogP contribution in [0.2, 0.25) is 0 Å². The molecule has 0 radical (unpaired) electrons. The van der Waals surface area contributed by atoms with Crippen LogP contribution in [0.4, 0.5) is 17.1 Å². The fraction of sp³-hybridized carbons (Fsp3) is 0.0233. The van der Waals surface area contributed by atoms with Gasteiger partial charge >= 0.3 is 0 Å². The van der Waals surface area contributed by atoms with E-state index in [1.807, 2.05) is 6.07 Å². The molecule has 0 unspecified atom stereocenters. The van der Waals surface area contributed by atoms with Crippen molar-refractivity contribution in [3.8, 4) is 50.3 Å². The Hall–Kier alpha value is -5.86. The van der Waals surface area contributed by atoms with Crippen LogP contribution in [0, 0.1) is 0 Å². The number of para-hydroxylation sites is 1. The molecule has 0 amide bonds. The molecule has 2 nitrogen and oxygen atoms in total. The minimum absolute atomic E-state index is 0.876. The number of benzene rings is 7. The monoisotopic (exact) mass is 579 g/mol. The van der Waals surface area contributed by atoms with Gasteiger partial charge in [-0.25, -0.2) is 0 Å². The standard InChI is InChI=1S/C43H33NO/c1-45-43-41(36-16-9-4-10-17-36)18-11-19-42(43)37-24-30-40(31-25-37)44(38-26-20-34(21-27-38)32-12-5-2-6-13-32)39-28-22-35(23-29-39)33-14-7-3-8-15-33/h2-31H,1H3. The minimum atomic E-state index is 0.876. The third-order valence-electron chi connectivity index (χ3n) is 8.21. The predicted octanol–water partition coefficient (Wildman–Crippen LogP) is 11.8. The number of methoxy groups -OCH3 is 1. The number of hydrogen-bond donors (Lipinski definition) is 0. The largest absolute Gasteiger partial charge is 0.495 e. The Bertz CT molecular complexity index is 1900. The second-order valence-electron chi connectivity index (χ2n) is 11.0. The third kappa shape index (κ3) is 5.87. The van der Waals surface area contributed by atoms with Crippen molar-refractivity contribution in [2.24, 2.45) is 0 Å². The first-order chi connectivity index (χ1) is 22.3. The number of nitrogens with zero attached hydrogens (tertiary/aromatic N) is 1. The van der Waals surface area contributed by atoms with Gasteiger partial charge in [0.25, 0.3) is 0 Å². The van der Waals surface area contributed by atoms with Crippen LogP contribution in [0.25, 0.3) is 44.5 Å². The van der Waals surface area contributed by atoms with Crippen LogP contribution in [0.5, 0.6) is 5.75 Å². The highest BCUT2D eigenvalue weighted by Crippen LogP contribution is 2.41. The van der Waals surface area contributed by atoms with Crippen LogP contribution in [-0.4, -0.2) is 7.11 Å². The van der Waals surface area contributed by atoms with Gasteiger partial charge < -0.3 is 9.64 Å². The van der Waals surface area contributed by atoms with Crippen LogP contribution in [0.15, 0.2) is 182 Å². The second-order valence-corrected chi connectivity index (χ2v) is 11.0. The van der Waals surface area contributed by atoms with Gasteiger partial charge in [0.05, 0.1) is 7.11 Å². The van der Waals surface area contributed by atoms with Crippen LogP contribution in [-0.2, 0) is 0 Å². The van der Waals surface area contributed by atoms with E-state index < -0.39 is 0 Å². The highest BCUT2D eigenvalue weighted by molar-refractivity contribution is 5.85. The van der Waals surface area contributed by atoms with E-state index in [9.17, 15) is 0 Å². The first kappa shape index (κ1) is 27.9. The van der Waals surface area contributed by atoms with Gasteiger partial charge in [-0.15, -0.1) is 0 Å². The van der Waals surface area contributed by atoms with Crippen molar-refractivity contribution < 1.29 is 4.74 Å². The lowest BCUT2D eigenvalue weighted by Gasteiger charge is -2.26. The molecule has 216 valence electrons. The van der Waals surface area contributed by atoms with Crippen LogP contribution < -0.4 is 9.64 Å². The SMILES string of the molecule is COc1c(-c2ccccc2)cccc1-c1ccc(N(c2ccc(-c3ccccc3)cc2)c2ccc(-c3ccccc3)cc2)cc1. The Kier molecular flexibility index (Phi) is 7.94. The molecule has 0 saturated carbocycles. The fourth-order valence-corrected chi connectivity index (χ4v) is 5.93. The summed E-state index contributed by atoms with van der Waals surface area (Å²) in [7, 11) is 1.75. The Morgan fingerprint density at radius 1 is 0.311 bits per heavy atom. The summed E-state index contributed by atoms with van der Waals surface area (Å²) in [6.07, 6.45) is 0. The topological polar surface area (TPSA) is 12.5 Å². The molecule has 7 aromatic carbocycles. The molecule has 2 heteroatoms. The first-order valence-electron chi connectivity index (χ1n) is 15.2. The zero-order chi connectivity index (χ0) is 30.4. The molecule has 0 spiro atoms. The molecule has 0 heterocycles. The molecule has 0 aliphatic rings. The Balaban J connectivity index is 1.27. The second kappa shape index (κ2) is 12.8. The average Bonchev–Trinajstić information content (AvgIpc) is 3.13. The molecule has 0 aromatic heterocycles. The van der Waals surface area contributed by atoms with Gasteiger partial charge in [-0.2, -0.15) is 0 Å². The molecule has 0 aliphatic carbocycles. The van der Waals surface area contributed by atoms with Crippen molar-refractivity contribution in [3.05, 3.63) is 182 Å². The first-order valence-corrected chi connectivity index (χ1v) is 15.2. The maximum Gasteiger partial charge on any atom is 0.134 e. The highest BCUT2D eigenvalue weighted by atomic mass is 16.5. The summed E-state index contributed by atoms with van der Waals surface area (Å²) < 4.78 is 5.99. The lowest BCUT2D eigenvalue weighted by atomic mass is 9.97. The van der Waals surface area contributed by atoms with E-state index in [4.69, 9.17) is 4.74 Å². The Morgan fingerprint density at radius 2 is 0.622 bits per heavy atom. The summed E-state index contributed by atoms with van der Waals surface area (Å²) in [4.78, 5) is 2.31. The summed E-state index contributed by atoms with van der Waals surface area (Å²) in [5.74, 6) is 0.876. The van der Waals surface area contributed by atoms with Crippen molar-refractivity contribution in [3.63, 3.8) is 0 Å². The van der Waals surface area contributed by atoms with Crippen molar-refractivity contribution >= 4 is 17.1 Å². The molecule has 0 aliphatic heterocycles. The van der Waals surface area contributed by atoms with E-state index in [1.54, 1.807) is 7.11 Å². The van der Waals surface area contributed by atoms with E-state index in [1.165, 1.54) is 22.3 Å². The summed E-state index contributed by atoms with van der Waals surface area (Å²) >= 11 is 0. The molecular weight excluding hydrogens is 546 g/mol. The van der Waals surface area contributed by atoms with Gasteiger partial charge in [-0.1, -0.05) is 146 Å². The number of ether oxygens (including phenoxy) is 1. The van der Waals surface area contributed by atoms with Gasteiger partial charge in [-0.3, -0.25) is 0 Å². The van der Waals surface area contributed by atoms with E-state index in [-0.39, 0.29) is 0 Å². The molecule has 0 fully saturated rings. The van der Waals surface area contributed by atoms with Crippen molar-refractivity contribution in [2.75, 3.05) is 12.0 Å². The van der Waals surface area contributed by atoms with Crippen molar-refractivity contribution in [1.82, 2.24) is 0 Å². The molecule has 0 atom stereocenters. The van der Waals surface area contributed by atoms with Gasteiger partial charge in [0.15, 0.2) is 0 Å². The summed E-state index contributed by atoms with van der Waals surface area (Å²) in [6.45, 7) is 0. The Labute approximate surface area is 265 Å². The summed E-state index contributed by atoms with van der Waals surface area (Å²) in [5, 5.41) is 0. The summed E-state index contributed by atoms with van der Waals surface area (Å²) in [6, 6.07) is 64.1. The van der Waals surface area contributed by atoms with Gasteiger partial charge in [0, 0.05) is 28.2 Å². The van der Waals surface area contributed by atoms with Gasteiger partial charge in [-0.05, 0) is 69.8 Å². The molecule has 0 N–H and O–H groups in total. The van der Waals surface area contributed by atoms with E-state index >= 15 is 0 Å². The zero-order valence-electron chi connectivity index (χ0n) is 25.2. The van der Waals surface area contributed by atoms with E-state index in [2.05, 4.69) is 181 Å². The average molecular weight is 580 g/mol. The fourth-order valence-electron chi connectivity index (χ4n) is 5.93. The minimum Gasteiger partial charge on any atom is -0.495 e. The molecule has 7 aromatic rings. The maximum absolute atomic E-state index is 5.99. The van der Waals surface area contributed by atoms with Crippen LogP contribution in [0.1, 0.15) is 0 Å². The molecular formula is C43H33NO. The number of rotatable bonds is 8. The van der Waals surface area contributed by atoms with E-state index in [0.717, 1.165) is 45.1 Å². The quantitative estimate of drug-likeness (QED) is 0.178. The lowest BCUT2D eigenvalue weighted by Crippen LogP contribution is -2.09. The number of hydrogen-bond acceptors (Lipinski definition) is 2.